The molecule has 0 aliphatic carbocycles. The molecular weight excluding hydrogens is 304 g/mol. The van der Waals surface area contributed by atoms with Crippen LogP contribution in [0.2, 0.25) is 0 Å². The van der Waals surface area contributed by atoms with Crippen molar-refractivity contribution in [3.05, 3.63) is 69.8 Å². The number of hydrogen-bond acceptors (Lipinski definition) is 4. The molecule has 0 fully saturated rings. The van der Waals surface area contributed by atoms with Crippen LogP contribution in [0, 0.1) is 0 Å². The van der Waals surface area contributed by atoms with Gasteiger partial charge in [-0.2, -0.15) is 0 Å². The fraction of sp³-hybridized carbons (Fsp3) is 0. The van der Waals surface area contributed by atoms with Crippen molar-refractivity contribution in [2.75, 3.05) is 0 Å². The van der Waals surface area contributed by atoms with Crippen LogP contribution in [0.1, 0.15) is 0 Å². The van der Waals surface area contributed by atoms with Crippen LogP contribution in [0.25, 0.3) is 43.6 Å². The van der Waals surface area contributed by atoms with Crippen LogP contribution in [0.4, 0.5) is 0 Å². The molecule has 6 heteroatoms. The maximum atomic E-state index is 12.5. The molecule has 0 atom stereocenters. The van der Waals surface area contributed by atoms with Crippen molar-refractivity contribution < 1.29 is 0 Å². The van der Waals surface area contributed by atoms with E-state index in [1.165, 1.54) is 0 Å². The fourth-order valence-corrected chi connectivity index (χ4v) is 3.67. The summed E-state index contributed by atoms with van der Waals surface area (Å²) in [5, 5.41) is 4.71. The predicted molar refractivity (Wildman–Crippen MR) is 91.4 cm³/mol. The van der Waals surface area contributed by atoms with Crippen LogP contribution in [0.15, 0.2) is 58.6 Å². The topological polar surface area (TPSA) is 68.7 Å². The Morgan fingerprint density at radius 1 is 0.625 bits per heavy atom. The molecule has 0 aliphatic rings. The van der Waals surface area contributed by atoms with E-state index in [1.54, 1.807) is 33.6 Å². The Kier molecular flexibility index (Phi) is 1.83. The monoisotopic (exact) mass is 312 g/mol. The quantitative estimate of drug-likeness (QED) is 0.430. The van der Waals surface area contributed by atoms with Crippen LogP contribution in [-0.4, -0.2) is 18.8 Å². The van der Waals surface area contributed by atoms with Gasteiger partial charge < -0.3 is 0 Å². The van der Waals surface area contributed by atoms with E-state index in [2.05, 4.69) is 9.97 Å². The first-order valence-corrected chi connectivity index (χ1v) is 7.51. The smallest absolute Gasteiger partial charge is 0.264 e. The second-order valence-electron chi connectivity index (χ2n) is 5.99. The molecule has 24 heavy (non-hydrogen) atoms. The Morgan fingerprint density at radius 2 is 1.04 bits per heavy atom. The highest BCUT2D eigenvalue weighted by Crippen LogP contribution is 2.28. The van der Waals surface area contributed by atoms with Crippen molar-refractivity contribution in [1.29, 1.82) is 0 Å². The first-order chi connectivity index (χ1) is 11.7. The van der Waals surface area contributed by atoms with Gasteiger partial charge in [0.25, 0.3) is 11.1 Å². The molecule has 0 unspecified atom stereocenters. The molecular formula is C18H8N4O2. The Bertz CT molecular complexity index is 1430. The second kappa shape index (κ2) is 3.68. The molecule has 6 aromatic rings. The minimum Gasteiger partial charge on any atom is -0.268 e. The third-order valence-corrected chi connectivity index (χ3v) is 4.77. The molecule has 0 N–H and O–H groups in total. The lowest BCUT2D eigenvalue weighted by Gasteiger charge is -1.99. The minimum atomic E-state index is -0.0718. The number of hydrogen-bond donors (Lipinski definition) is 0. The molecule has 2 aromatic carbocycles. The third kappa shape index (κ3) is 1.20. The fourth-order valence-electron chi connectivity index (χ4n) is 3.67. The average molecular weight is 312 g/mol. The number of benzene rings is 2. The van der Waals surface area contributed by atoms with Crippen LogP contribution in [-0.2, 0) is 0 Å². The van der Waals surface area contributed by atoms with Gasteiger partial charge in [-0.1, -0.05) is 0 Å². The zero-order valence-electron chi connectivity index (χ0n) is 12.2. The van der Waals surface area contributed by atoms with Gasteiger partial charge in [-0.05, 0) is 35.0 Å². The highest BCUT2D eigenvalue weighted by molar-refractivity contribution is 6.10. The standard InChI is InChI=1S/C18H8N4O2/c23-17-13-7-10-6-12-14(18(24)22-4-2-20-16(12)22)8-9(10)5-11(13)15-19-1-3-21(15)17/h1-8H. The molecule has 0 aliphatic heterocycles. The maximum absolute atomic E-state index is 12.5. The molecule has 0 saturated carbocycles. The van der Waals surface area contributed by atoms with E-state index in [-0.39, 0.29) is 11.1 Å². The molecule has 0 radical (unpaired) electrons. The molecule has 6 nitrogen and oxygen atoms in total. The van der Waals surface area contributed by atoms with Crippen molar-refractivity contribution in [1.82, 2.24) is 18.8 Å². The lowest BCUT2D eigenvalue weighted by atomic mass is 10.0. The molecule has 4 aromatic heterocycles. The summed E-state index contributed by atoms with van der Waals surface area (Å²) in [5.41, 5.74) is 1.16. The van der Waals surface area contributed by atoms with E-state index < -0.39 is 0 Å². The third-order valence-electron chi connectivity index (χ3n) is 4.77. The highest BCUT2D eigenvalue weighted by Gasteiger charge is 2.15. The van der Waals surface area contributed by atoms with Gasteiger partial charge in [-0.15, -0.1) is 0 Å². The van der Waals surface area contributed by atoms with Crippen molar-refractivity contribution in [3.8, 4) is 0 Å². The number of rotatable bonds is 0. The number of imidazole rings is 2. The summed E-state index contributed by atoms with van der Waals surface area (Å²) in [6.45, 7) is 0. The van der Waals surface area contributed by atoms with E-state index in [0.29, 0.717) is 22.1 Å². The molecule has 0 spiro atoms. The first kappa shape index (κ1) is 12.0. The van der Waals surface area contributed by atoms with Crippen molar-refractivity contribution in [2.45, 2.75) is 0 Å². The summed E-state index contributed by atoms with van der Waals surface area (Å²) in [6.07, 6.45) is 6.57. The van der Waals surface area contributed by atoms with Gasteiger partial charge in [0.1, 0.15) is 11.3 Å². The molecule has 6 rings (SSSR count). The van der Waals surface area contributed by atoms with Gasteiger partial charge in [0.2, 0.25) is 0 Å². The molecule has 0 amide bonds. The Balaban J connectivity index is 1.89. The lowest BCUT2D eigenvalue weighted by Crippen LogP contribution is -2.04. The van der Waals surface area contributed by atoms with Gasteiger partial charge in [0, 0.05) is 35.6 Å². The molecule has 0 saturated heterocycles. The zero-order valence-corrected chi connectivity index (χ0v) is 12.2. The summed E-state index contributed by atoms with van der Waals surface area (Å²) < 4.78 is 3.10. The lowest BCUT2D eigenvalue weighted by molar-refractivity contribution is 1.17. The van der Waals surface area contributed by atoms with Crippen molar-refractivity contribution >= 4 is 43.6 Å². The molecule has 4 heterocycles. The summed E-state index contributed by atoms with van der Waals surface area (Å²) in [4.78, 5) is 33.5. The molecule has 0 bridgehead atoms. The van der Waals surface area contributed by atoms with E-state index in [4.69, 9.17) is 0 Å². The summed E-state index contributed by atoms with van der Waals surface area (Å²) in [7, 11) is 0. The Labute approximate surface area is 132 Å². The van der Waals surface area contributed by atoms with E-state index in [9.17, 15) is 9.59 Å². The summed E-state index contributed by atoms with van der Waals surface area (Å²) in [5.74, 6) is 0. The first-order valence-electron chi connectivity index (χ1n) is 7.51. The Hall–Kier alpha value is -3.54. The summed E-state index contributed by atoms with van der Waals surface area (Å²) >= 11 is 0. The van der Waals surface area contributed by atoms with Crippen LogP contribution in [0.5, 0.6) is 0 Å². The number of aromatic nitrogens is 4. The van der Waals surface area contributed by atoms with Gasteiger partial charge in [0.05, 0.1) is 10.8 Å². The van der Waals surface area contributed by atoms with Crippen molar-refractivity contribution in [3.63, 3.8) is 0 Å². The number of nitrogens with zero attached hydrogens (tertiary/aromatic N) is 4. The maximum Gasteiger partial charge on any atom is 0.264 e. The summed E-state index contributed by atoms with van der Waals surface area (Å²) in [6, 6.07) is 7.61. The predicted octanol–water partition coefficient (Wildman–Crippen LogP) is 2.04. The molecule has 112 valence electrons. The van der Waals surface area contributed by atoms with Crippen LogP contribution < -0.4 is 11.1 Å². The zero-order chi connectivity index (χ0) is 16.0. The normalized spacial score (nSPS) is 12.5. The van der Waals surface area contributed by atoms with E-state index in [0.717, 1.165) is 21.5 Å². The number of fused-ring (bicyclic) bond motifs is 7. The van der Waals surface area contributed by atoms with E-state index in [1.807, 2.05) is 24.3 Å². The second-order valence-corrected chi connectivity index (χ2v) is 5.99. The Morgan fingerprint density at radius 3 is 1.50 bits per heavy atom. The average Bonchev–Trinajstić information content (AvgIpc) is 3.33. The highest BCUT2D eigenvalue weighted by atomic mass is 16.1. The van der Waals surface area contributed by atoms with Gasteiger partial charge >= 0.3 is 0 Å². The van der Waals surface area contributed by atoms with Crippen LogP contribution in [0.3, 0.4) is 0 Å². The van der Waals surface area contributed by atoms with Gasteiger partial charge in [-0.25, -0.2) is 9.97 Å². The van der Waals surface area contributed by atoms with Gasteiger partial charge in [-0.3, -0.25) is 18.4 Å². The largest absolute Gasteiger partial charge is 0.268 e. The SMILES string of the molecule is O=c1c2cc3cc4c(cc3cc2c2nccn12)c(=O)n1ccnc41. The van der Waals surface area contributed by atoms with E-state index >= 15 is 0 Å². The van der Waals surface area contributed by atoms with Crippen LogP contribution >= 0.6 is 0 Å². The van der Waals surface area contributed by atoms with Crippen molar-refractivity contribution in [2.24, 2.45) is 0 Å². The minimum absolute atomic E-state index is 0.0718. The van der Waals surface area contributed by atoms with Gasteiger partial charge in [0.15, 0.2) is 0 Å².